The summed E-state index contributed by atoms with van der Waals surface area (Å²) in [4.78, 5) is 0. The first-order chi connectivity index (χ1) is 9.82. The minimum Gasteiger partial charge on any atom is -0.389 e. The second kappa shape index (κ2) is 6.69. The van der Waals surface area contributed by atoms with Gasteiger partial charge in [0.25, 0.3) is 0 Å². The van der Waals surface area contributed by atoms with Crippen molar-refractivity contribution in [2.75, 3.05) is 0 Å². The summed E-state index contributed by atoms with van der Waals surface area (Å²) in [5.74, 6) is 2.31. The average molecular weight is 290 g/mol. The molecule has 0 amide bonds. The zero-order chi connectivity index (χ0) is 15.6. The topological polar surface area (TPSA) is 20.2 Å². The van der Waals surface area contributed by atoms with Crippen molar-refractivity contribution in [2.24, 2.45) is 23.2 Å². The standard InChI is InChI=1S/C20H34O/c1-14(2)11-17(21)12-20(5)13-18-16(4)8-6-7-15(3)9-10-19(18)20/h11,15,17-19,21H,4,6-10,12-13H2,1-3,5H3. The van der Waals surface area contributed by atoms with Crippen LogP contribution in [0.3, 0.4) is 0 Å². The van der Waals surface area contributed by atoms with Gasteiger partial charge in [-0.25, -0.2) is 0 Å². The molecule has 2 aliphatic carbocycles. The second-order valence-electron chi connectivity index (χ2n) is 8.32. The van der Waals surface area contributed by atoms with Gasteiger partial charge in [-0.3, -0.25) is 0 Å². The molecular weight excluding hydrogens is 256 g/mol. The van der Waals surface area contributed by atoms with Crippen LogP contribution in [0.1, 0.15) is 72.6 Å². The van der Waals surface area contributed by atoms with Crippen LogP contribution in [0.25, 0.3) is 0 Å². The lowest BCUT2D eigenvalue weighted by Gasteiger charge is -2.55. The highest BCUT2D eigenvalue weighted by atomic mass is 16.3. The van der Waals surface area contributed by atoms with Crippen LogP contribution in [-0.2, 0) is 0 Å². The molecular formula is C20H34O. The molecule has 0 spiro atoms. The van der Waals surface area contributed by atoms with Crippen molar-refractivity contribution in [3.05, 3.63) is 23.8 Å². The Kier molecular flexibility index (Phi) is 5.35. The molecule has 0 aromatic rings. The SMILES string of the molecule is C=C1CCCC(C)CCC2C1CC2(C)CC(O)C=C(C)C. The molecule has 0 radical (unpaired) electrons. The van der Waals surface area contributed by atoms with Gasteiger partial charge in [-0.2, -0.15) is 0 Å². The fourth-order valence-corrected chi connectivity index (χ4v) is 4.73. The van der Waals surface area contributed by atoms with Crippen molar-refractivity contribution in [3.8, 4) is 0 Å². The number of fused-ring (bicyclic) bond motifs is 1. The molecule has 0 aliphatic heterocycles. The quantitative estimate of drug-likeness (QED) is 0.680. The third-order valence-corrected chi connectivity index (χ3v) is 5.96. The fourth-order valence-electron chi connectivity index (χ4n) is 4.73. The van der Waals surface area contributed by atoms with E-state index in [0.29, 0.717) is 5.41 Å². The Hall–Kier alpha value is -0.560. The predicted molar refractivity (Wildman–Crippen MR) is 91.1 cm³/mol. The molecule has 1 N–H and O–H groups in total. The summed E-state index contributed by atoms with van der Waals surface area (Å²) in [6.07, 6.45) is 10.5. The average Bonchev–Trinajstić information content (AvgIpc) is 2.39. The lowest BCUT2D eigenvalue weighted by atomic mass is 9.49. The maximum atomic E-state index is 10.3. The highest BCUT2D eigenvalue weighted by Crippen LogP contribution is 2.59. The van der Waals surface area contributed by atoms with Gasteiger partial charge in [0.2, 0.25) is 0 Å². The van der Waals surface area contributed by atoms with E-state index in [2.05, 4.69) is 34.3 Å². The first-order valence-corrected chi connectivity index (χ1v) is 8.82. The summed E-state index contributed by atoms with van der Waals surface area (Å²) in [6.45, 7) is 13.3. The molecule has 1 nitrogen and oxygen atoms in total. The van der Waals surface area contributed by atoms with Gasteiger partial charge in [-0.05, 0) is 69.1 Å². The molecule has 5 atom stereocenters. The van der Waals surface area contributed by atoms with Crippen LogP contribution in [0.5, 0.6) is 0 Å². The van der Waals surface area contributed by atoms with Gasteiger partial charge in [0, 0.05) is 0 Å². The molecule has 2 rings (SSSR count). The molecule has 0 heterocycles. The van der Waals surface area contributed by atoms with Gasteiger partial charge in [-0.1, -0.05) is 50.5 Å². The zero-order valence-corrected chi connectivity index (χ0v) is 14.5. The minimum absolute atomic E-state index is 0.278. The van der Waals surface area contributed by atoms with Crippen LogP contribution in [0, 0.1) is 23.2 Å². The maximum absolute atomic E-state index is 10.3. The Morgan fingerprint density at radius 2 is 2.10 bits per heavy atom. The van der Waals surface area contributed by atoms with Crippen molar-refractivity contribution in [2.45, 2.75) is 78.7 Å². The van der Waals surface area contributed by atoms with Crippen LogP contribution in [-0.4, -0.2) is 11.2 Å². The van der Waals surface area contributed by atoms with Crippen LogP contribution < -0.4 is 0 Å². The summed E-state index contributed by atoms with van der Waals surface area (Å²) in [5.41, 5.74) is 3.01. The summed E-state index contributed by atoms with van der Waals surface area (Å²) in [5, 5.41) is 10.3. The number of allylic oxidation sites excluding steroid dienone is 2. The van der Waals surface area contributed by atoms with E-state index in [0.717, 1.165) is 24.2 Å². The van der Waals surface area contributed by atoms with Gasteiger partial charge >= 0.3 is 0 Å². The summed E-state index contributed by atoms with van der Waals surface area (Å²) < 4.78 is 0. The van der Waals surface area contributed by atoms with Crippen molar-refractivity contribution >= 4 is 0 Å². The number of hydrogen-bond acceptors (Lipinski definition) is 1. The molecule has 120 valence electrons. The van der Waals surface area contributed by atoms with Gasteiger partial charge in [0.1, 0.15) is 0 Å². The van der Waals surface area contributed by atoms with E-state index < -0.39 is 0 Å². The molecule has 1 heteroatoms. The summed E-state index contributed by atoms with van der Waals surface area (Å²) in [7, 11) is 0. The molecule has 0 bridgehead atoms. The van der Waals surface area contributed by atoms with E-state index in [1.807, 2.05) is 6.08 Å². The summed E-state index contributed by atoms with van der Waals surface area (Å²) >= 11 is 0. The monoisotopic (exact) mass is 290 g/mol. The van der Waals surface area contributed by atoms with Crippen LogP contribution in [0.4, 0.5) is 0 Å². The molecule has 0 aromatic carbocycles. The van der Waals surface area contributed by atoms with Crippen molar-refractivity contribution in [3.63, 3.8) is 0 Å². The number of hydrogen-bond donors (Lipinski definition) is 1. The highest BCUT2D eigenvalue weighted by Gasteiger charge is 2.51. The van der Waals surface area contributed by atoms with E-state index >= 15 is 0 Å². The Morgan fingerprint density at radius 1 is 1.38 bits per heavy atom. The minimum atomic E-state index is -0.278. The number of rotatable bonds is 3. The Bertz CT molecular complexity index is 404. The normalized spacial score (nSPS) is 38.3. The van der Waals surface area contributed by atoms with Crippen molar-refractivity contribution < 1.29 is 5.11 Å². The fraction of sp³-hybridized carbons (Fsp3) is 0.800. The van der Waals surface area contributed by atoms with Crippen LogP contribution in [0.15, 0.2) is 23.8 Å². The molecule has 5 unspecified atom stereocenters. The van der Waals surface area contributed by atoms with Gasteiger partial charge in [0.05, 0.1) is 6.10 Å². The molecule has 0 aromatic heterocycles. The predicted octanol–water partition coefficient (Wildman–Crippen LogP) is 5.50. The molecule has 0 saturated heterocycles. The highest BCUT2D eigenvalue weighted by molar-refractivity contribution is 5.15. The Labute approximate surface area is 131 Å². The van der Waals surface area contributed by atoms with Gasteiger partial charge < -0.3 is 5.11 Å². The maximum Gasteiger partial charge on any atom is 0.0728 e. The molecule has 2 aliphatic rings. The lowest BCUT2D eigenvalue weighted by molar-refractivity contribution is -0.0458. The van der Waals surface area contributed by atoms with Crippen LogP contribution >= 0.6 is 0 Å². The Morgan fingerprint density at radius 3 is 2.76 bits per heavy atom. The molecule has 2 saturated carbocycles. The van der Waals surface area contributed by atoms with Crippen molar-refractivity contribution in [1.29, 1.82) is 0 Å². The lowest BCUT2D eigenvalue weighted by Crippen LogP contribution is -2.48. The molecule has 21 heavy (non-hydrogen) atoms. The Balaban J connectivity index is 2.05. The first kappa shape index (κ1) is 16.8. The smallest absolute Gasteiger partial charge is 0.0728 e. The van der Waals surface area contributed by atoms with E-state index in [9.17, 15) is 5.11 Å². The van der Waals surface area contributed by atoms with E-state index in [1.54, 1.807) is 0 Å². The first-order valence-electron chi connectivity index (χ1n) is 8.82. The third kappa shape index (κ3) is 4.00. The number of aliphatic hydroxyl groups is 1. The van der Waals surface area contributed by atoms with E-state index in [1.165, 1.54) is 49.7 Å². The van der Waals surface area contributed by atoms with E-state index in [-0.39, 0.29) is 6.10 Å². The van der Waals surface area contributed by atoms with Crippen LogP contribution in [0.2, 0.25) is 0 Å². The van der Waals surface area contributed by atoms with Gasteiger partial charge in [-0.15, -0.1) is 0 Å². The molecule has 2 fully saturated rings. The van der Waals surface area contributed by atoms with Gasteiger partial charge in [0.15, 0.2) is 0 Å². The number of aliphatic hydroxyl groups excluding tert-OH is 1. The second-order valence-corrected chi connectivity index (χ2v) is 8.32. The van der Waals surface area contributed by atoms with E-state index in [4.69, 9.17) is 0 Å². The van der Waals surface area contributed by atoms with Crippen molar-refractivity contribution in [1.82, 2.24) is 0 Å². The summed E-state index contributed by atoms with van der Waals surface area (Å²) in [6, 6.07) is 0. The zero-order valence-electron chi connectivity index (χ0n) is 14.5. The third-order valence-electron chi connectivity index (χ3n) is 5.96. The largest absolute Gasteiger partial charge is 0.389 e.